The van der Waals surface area contributed by atoms with Gasteiger partial charge in [-0.3, -0.25) is 4.90 Å². The van der Waals surface area contributed by atoms with Crippen LogP contribution in [0.4, 0.5) is 4.79 Å². The minimum Gasteiger partial charge on any atom is -0.445 e. The average Bonchev–Trinajstić information content (AvgIpc) is 3.36. The molecule has 0 spiro atoms. The van der Waals surface area contributed by atoms with E-state index in [1.807, 2.05) is 36.4 Å². The van der Waals surface area contributed by atoms with Crippen LogP contribution in [0.2, 0.25) is 0 Å². The van der Waals surface area contributed by atoms with Gasteiger partial charge in [0.2, 0.25) is 0 Å². The van der Waals surface area contributed by atoms with Crippen LogP contribution in [-0.4, -0.2) is 54.8 Å². The Kier molecular flexibility index (Phi) is 8.09. The number of aliphatic hydroxyl groups excluding tert-OH is 1. The zero-order chi connectivity index (χ0) is 20.6. The van der Waals surface area contributed by atoms with Crippen LogP contribution < -0.4 is 0 Å². The zero-order valence-electron chi connectivity index (χ0n) is 17.5. The van der Waals surface area contributed by atoms with Gasteiger partial charge in [0.15, 0.2) is 6.29 Å². The van der Waals surface area contributed by atoms with Gasteiger partial charge in [0, 0.05) is 13.0 Å². The Morgan fingerprint density at radius 3 is 2.62 bits per heavy atom. The van der Waals surface area contributed by atoms with Crippen molar-refractivity contribution in [1.82, 2.24) is 4.90 Å². The standard InChI is InChI=1S/C23H33NO5/c1-17(2)10-19(13-22-27-8-9-28-22)11-20-12-21(15-25)24(14-20)23(26)29-16-18-6-4-3-5-7-18/h3-7,12,17,19,21-22,25H,8-11,13-16H2,1-2H3/t19-,21-/m0/s1. The Hall–Kier alpha value is -1.89. The van der Waals surface area contributed by atoms with Crippen molar-refractivity contribution >= 4 is 6.09 Å². The summed E-state index contributed by atoms with van der Waals surface area (Å²) in [6.45, 7) is 6.39. The second-order valence-electron chi connectivity index (χ2n) is 8.35. The van der Waals surface area contributed by atoms with Gasteiger partial charge in [0.1, 0.15) is 6.61 Å². The van der Waals surface area contributed by atoms with Crippen molar-refractivity contribution < 1.29 is 24.1 Å². The zero-order valence-corrected chi connectivity index (χ0v) is 17.5. The molecule has 0 aliphatic carbocycles. The molecule has 2 atom stereocenters. The highest BCUT2D eigenvalue weighted by molar-refractivity contribution is 5.69. The molecule has 1 aromatic carbocycles. The number of carbonyl (C=O) groups is 1. The number of rotatable bonds is 9. The molecule has 1 N–H and O–H groups in total. The van der Waals surface area contributed by atoms with E-state index in [0.29, 0.717) is 31.6 Å². The van der Waals surface area contributed by atoms with Crippen LogP contribution in [0.1, 0.15) is 38.7 Å². The molecular weight excluding hydrogens is 370 g/mol. The van der Waals surface area contributed by atoms with Gasteiger partial charge < -0.3 is 19.3 Å². The molecule has 6 nitrogen and oxygen atoms in total. The number of hydrogen-bond acceptors (Lipinski definition) is 5. The number of benzene rings is 1. The molecule has 3 rings (SSSR count). The monoisotopic (exact) mass is 403 g/mol. The normalized spacial score (nSPS) is 20.9. The Morgan fingerprint density at radius 1 is 1.24 bits per heavy atom. The lowest BCUT2D eigenvalue weighted by atomic mass is 9.88. The third-order valence-electron chi connectivity index (χ3n) is 5.40. The molecule has 6 heteroatoms. The second-order valence-corrected chi connectivity index (χ2v) is 8.35. The molecule has 0 aromatic heterocycles. The van der Waals surface area contributed by atoms with Gasteiger partial charge in [-0.2, -0.15) is 0 Å². The third-order valence-corrected chi connectivity index (χ3v) is 5.40. The Balaban J connectivity index is 1.55. The summed E-state index contributed by atoms with van der Waals surface area (Å²) in [5.74, 6) is 0.993. The molecule has 0 saturated carbocycles. The Labute approximate surface area is 173 Å². The van der Waals surface area contributed by atoms with Crippen LogP contribution in [0.15, 0.2) is 42.0 Å². The smallest absolute Gasteiger partial charge is 0.410 e. The Morgan fingerprint density at radius 2 is 1.97 bits per heavy atom. The van der Waals surface area contributed by atoms with Crippen molar-refractivity contribution in [2.45, 2.75) is 52.0 Å². The van der Waals surface area contributed by atoms with Gasteiger partial charge >= 0.3 is 6.09 Å². The summed E-state index contributed by atoms with van der Waals surface area (Å²) >= 11 is 0. The van der Waals surface area contributed by atoms with Crippen LogP contribution in [0.3, 0.4) is 0 Å². The van der Waals surface area contributed by atoms with Crippen LogP contribution in [-0.2, 0) is 20.8 Å². The van der Waals surface area contributed by atoms with E-state index >= 15 is 0 Å². The number of ether oxygens (including phenoxy) is 3. The fourth-order valence-electron chi connectivity index (χ4n) is 4.15. The van der Waals surface area contributed by atoms with E-state index in [2.05, 4.69) is 13.8 Å². The van der Waals surface area contributed by atoms with Crippen LogP contribution in [0.25, 0.3) is 0 Å². The minimum atomic E-state index is -0.387. The van der Waals surface area contributed by atoms with Gasteiger partial charge in [0.25, 0.3) is 0 Å². The summed E-state index contributed by atoms with van der Waals surface area (Å²) in [5, 5.41) is 9.76. The quantitative estimate of drug-likeness (QED) is 0.636. The molecule has 1 saturated heterocycles. The first-order valence-corrected chi connectivity index (χ1v) is 10.6. The van der Waals surface area contributed by atoms with Crippen LogP contribution in [0, 0.1) is 11.8 Å². The van der Waals surface area contributed by atoms with Crippen molar-refractivity contribution in [3.8, 4) is 0 Å². The van der Waals surface area contributed by atoms with Gasteiger partial charge in [-0.15, -0.1) is 0 Å². The first-order chi connectivity index (χ1) is 14.0. The van der Waals surface area contributed by atoms with E-state index in [-0.39, 0.29) is 31.6 Å². The molecule has 29 heavy (non-hydrogen) atoms. The van der Waals surface area contributed by atoms with Crippen molar-refractivity contribution in [3.63, 3.8) is 0 Å². The third kappa shape index (κ3) is 6.56. The fraction of sp³-hybridized carbons (Fsp3) is 0.609. The summed E-state index contributed by atoms with van der Waals surface area (Å²) in [6, 6.07) is 9.29. The maximum absolute atomic E-state index is 12.6. The first kappa shape index (κ1) is 21.8. The molecular formula is C23H33NO5. The van der Waals surface area contributed by atoms with Crippen LogP contribution in [0.5, 0.6) is 0 Å². The predicted octanol–water partition coefficient (Wildman–Crippen LogP) is 3.74. The predicted molar refractivity (Wildman–Crippen MR) is 110 cm³/mol. The number of aliphatic hydroxyl groups is 1. The molecule has 0 unspecified atom stereocenters. The number of carbonyl (C=O) groups excluding carboxylic acids is 1. The van der Waals surface area contributed by atoms with Crippen LogP contribution >= 0.6 is 0 Å². The highest BCUT2D eigenvalue weighted by atomic mass is 16.7. The SMILES string of the molecule is CC(C)C[C@@H](CC1=C[C@@H](CO)N(C(=O)OCc2ccccc2)C1)CC1OCCO1. The lowest BCUT2D eigenvalue weighted by Gasteiger charge is -2.24. The lowest BCUT2D eigenvalue weighted by molar-refractivity contribution is -0.0583. The number of hydrogen-bond donors (Lipinski definition) is 1. The molecule has 2 heterocycles. The van der Waals surface area contributed by atoms with Gasteiger partial charge in [-0.05, 0) is 30.2 Å². The summed E-state index contributed by atoms with van der Waals surface area (Å²) in [4.78, 5) is 14.2. The van der Waals surface area contributed by atoms with E-state index in [0.717, 1.165) is 24.8 Å². The van der Waals surface area contributed by atoms with E-state index in [1.165, 1.54) is 5.57 Å². The lowest BCUT2D eigenvalue weighted by Crippen LogP contribution is -2.38. The first-order valence-electron chi connectivity index (χ1n) is 10.6. The summed E-state index contributed by atoms with van der Waals surface area (Å²) in [7, 11) is 0. The van der Waals surface area contributed by atoms with Crippen molar-refractivity contribution in [1.29, 1.82) is 0 Å². The largest absolute Gasteiger partial charge is 0.445 e. The van der Waals surface area contributed by atoms with Gasteiger partial charge in [0.05, 0.1) is 25.9 Å². The van der Waals surface area contributed by atoms with E-state index < -0.39 is 0 Å². The summed E-state index contributed by atoms with van der Waals surface area (Å²) in [5.41, 5.74) is 2.12. The maximum atomic E-state index is 12.6. The molecule has 1 amide bonds. The summed E-state index contributed by atoms with van der Waals surface area (Å²) in [6.07, 6.45) is 4.32. The van der Waals surface area contributed by atoms with E-state index in [4.69, 9.17) is 14.2 Å². The molecule has 160 valence electrons. The molecule has 1 fully saturated rings. The van der Waals surface area contributed by atoms with Crippen molar-refractivity contribution in [2.24, 2.45) is 11.8 Å². The molecule has 2 aliphatic rings. The van der Waals surface area contributed by atoms with Gasteiger partial charge in [-0.25, -0.2) is 4.79 Å². The average molecular weight is 404 g/mol. The highest BCUT2D eigenvalue weighted by Gasteiger charge is 2.31. The minimum absolute atomic E-state index is 0.104. The number of nitrogens with zero attached hydrogens (tertiary/aromatic N) is 1. The fourth-order valence-corrected chi connectivity index (χ4v) is 4.15. The Bertz CT molecular complexity index is 669. The van der Waals surface area contributed by atoms with Crippen molar-refractivity contribution in [2.75, 3.05) is 26.4 Å². The number of amides is 1. The molecule has 0 radical (unpaired) electrons. The molecule has 0 bridgehead atoms. The van der Waals surface area contributed by atoms with E-state index in [1.54, 1.807) is 4.90 Å². The summed E-state index contributed by atoms with van der Waals surface area (Å²) < 4.78 is 16.7. The maximum Gasteiger partial charge on any atom is 0.410 e. The highest BCUT2D eigenvalue weighted by Crippen LogP contribution is 2.30. The van der Waals surface area contributed by atoms with E-state index in [9.17, 15) is 9.90 Å². The van der Waals surface area contributed by atoms with Crippen molar-refractivity contribution in [3.05, 3.63) is 47.5 Å². The topological polar surface area (TPSA) is 68.2 Å². The second kappa shape index (κ2) is 10.8. The molecule has 1 aromatic rings. The molecule has 2 aliphatic heterocycles. The van der Waals surface area contributed by atoms with Gasteiger partial charge in [-0.1, -0.05) is 55.8 Å².